The first-order valence-corrected chi connectivity index (χ1v) is 7.99. The Labute approximate surface area is 143 Å². The van der Waals surface area contributed by atoms with Crippen LogP contribution in [0.5, 0.6) is 0 Å². The Morgan fingerprint density at radius 3 is 2.60 bits per heavy atom. The molecular formula is C20H16FN3O. The summed E-state index contributed by atoms with van der Waals surface area (Å²) in [4.78, 5) is 17.2. The monoisotopic (exact) mass is 333 g/mol. The largest absolute Gasteiger partial charge is 0.289 e. The van der Waals surface area contributed by atoms with E-state index in [0.29, 0.717) is 22.6 Å². The molecule has 25 heavy (non-hydrogen) atoms. The average Bonchev–Trinajstić information content (AvgIpc) is 2.93. The van der Waals surface area contributed by atoms with Crippen LogP contribution in [-0.4, -0.2) is 14.6 Å². The second kappa shape index (κ2) is 5.70. The van der Waals surface area contributed by atoms with Crippen LogP contribution >= 0.6 is 0 Å². The fraction of sp³-hybridized carbons (Fsp3) is 0.100. The zero-order valence-corrected chi connectivity index (χ0v) is 13.9. The maximum absolute atomic E-state index is 14.1. The van der Waals surface area contributed by atoms with Crippen molar-refractivity contribution in [2.24, 2.45) is 0 Å². The number of fused-ring (bicyclic) bond motifs is 1. The van der Waals surface area contributed by atoms with Gasteiger partial charge in [-0.3, -0.25) is 9.89 Å². The van der Waals surface area contributed by atoms with Crippen LogP contribution in [0.25, 0.3) is 28.2 Å². The van der Waals surface area contributed by atoms with Gasteiger partial charge in [-0.2, -0.15) is 0 Å². The molecule has 0 spiro atoms. The summed E-state index contributed by atoms with van der Waals surface area (Å²) in [7, 11) is 0. The van der Waals surface area contributed by atoms with E-state index in [9.17, 15) is 9.18 Å². The lowest BCUT2D eigenvalue weighted by atomic mass is 10.1. The minimum atomic E-state index is -0.343. The highest BCUT2D eigenvalue weighted by Gasteiger charge is 2.16. The molecule has 2 heterocycles. The van der Waals surface area contributed by atoms with Crippen LogP contribution in [0.4, 0.5) is 4.39 Å². The molecule has 5 heteroatoms. The van der Waals surface area contributed by atoms with E-state index in [4.69, 9.17) is 0 Å². The Morgan fingerprint density at radius 2 is 1.84 bits per heavy atom. The molecule has 0 amide bonds. The molecule has 0 aliphatic rings. The fourth-order valence-electron chi connectivity index (χ4n) is 3.03. The first-order valence-electron chi connectivity index (χ1n) is 7.99. The SMILES string of the molecule is Cc1cccc(-c2cc(=O)n3[nH]c(-c4ccccc4F)c(C)c3n2)c1. The van der Waals surface area contributed by atoms with Crippen molar-refractivity contribution in [3.63, 3.8) is 0 Å². The van der Waals surface area contributed by atoms with Crippen molar-refractivity contribution in [2.75, 3.05) is 0 Å². The minimum absolute atomic E-state index is 0.229. The molecule has 0 aliphatic heterocycles. The quantitative estimate of drug-likeness (QED) is 0.600. The van der Waals surface area contributed by atoms with Gasteiger partial charge in [0.2, 0.25) is 0 Å². The van der Waals surface area contributed by atoms with Crippen LogP contribution in [0.15, 0.2) is 59.4 Å². The molecule has 4 nitrogen and oxygen atoms in total. The maximum atomic E-state index is 14.1. The number of hydrogen-bond donors (Lipinski definition) is 1. The van der Waals surface area contributed by atoms with E-state index in [1.807, 2.05) is 38.1 Å². The van der Waals surface area contributed by atoms with Crippen LogP contribution in [-0.2, 0) is 0 Å². The van der Waals surface area contributed by atoms with Crippen LogP contribution < -0.4 is 5.56 Å². The molecule has 0 saturated heterocycles. The van der Waals surface area contributed by atoms with E-state index >= 15 is 0 Å². The number of benzene rings is 2. The molecule has 4 aromatic rings. The Hall–Kier alpha value is -3.21. The fourth-order valence-corrected chi connectivity index (χ4v) is 3.03. The zero-order chi connectivity index (χ0) is 17.6. The van der Waals surface area contributed by atoms with Gasteiger partial charge in [-0.1, -0.05) is 35.9 Å². The topological polar surface area (TPSA) is 50.2 Å². The number of hydrogen-bond acceptors (Lipinski definition) is 2. The van der Waals surface area contributed by atoms with Crippen molar-refractivity contribution in [1.82, 2.24) is 14.6 Å². The van der Waals surface area contributed by atoms with Crippen molar-refractivity contribution >= 4 is 5.65 Å². The minimum Gasteiger partial charge on any atom is -0.289 e. The summed E-state index contributed by atoms with van der Waals surface area (Å²) in [6, 6.07) is 15.8. The molecule has 4 rings (SSSR count). The second-order valence-corrected chi connectivity index (χ2v) is 6.10. The molecule has 0 fully saturated rings. The van der Waals surface area contributed by atoms with Gasteiger partial charge in [-0.05, 0) is 32.0 Å². The lowest BCUT2D eigenvalue weighted by Gasteiger charge is -2.03. The maximum Gasteiger partial charge on any atom is 0.273 e. The summed E-state index contributed by atoms with van der Waals surface area (Å²) in [6.45, 7) is 3.83. The van der Waals surface area contributed by atoms with Crippen LogP contribution in [0.1, 0.15) is 11.1 Å². The standard InChI is InChI=1S/C20H16FN3O/c1-12-6-5-7-14(10-12)17-11-18(25)24-20(22-17)13(2)19(23-24)15-8-3-4-9-16(15)21/h3-11,23H,1-2H3. The summed E-state index contributed by atoms with van der Waals surface area (Å²) >= 11 is 0. The lowest BCUT2D eigenvalue weighted by molar-refractivity contribution is 0.630. The van der Waals surface area contributed by atoms with E-state index in [1.165, 1.54) is 16.6 Å². The van der Waals surface area contributed by atoms with Gasteiger partial charge in [-0.15, -0.1) is 0 Å². The average molecular weight is 333 g/mol. The van der Waals surface area contributed by atoms with Gasteiger partial charge in [0.25, 0.3) is 5.56 Å². The zero-order valence-electron chi connectivity index (χ0n) is 13.9. The first-order chi connectivity index (χ1) is 12.0. The van der Waals surface area contributed by atoms with Crippen molar-refractivity contribution in [3.05, 3.63) is 81.9 Å². The molecule has 0 saturated carbocycles. The van der Waals surface area contributed by atoms with Crippen molar-refractivity contribution in [1.29, 1.82) is 0 Å². The van der Waals surface area contributed by atoms with Gasteiger partial charge in [0.05, 0.1) is 11.4 Å². The molecule has 1 N–H and O–H groups in total. The molecule has 0 unspecified atom stereocenters. The summed E-state index contributed by atoms with van der Waals surface area (Å²) in [5, 5.41) is 2.98. The Balaban J connectivity index is 1.97. The van der Waals surface area contributed by atoms with Crippen molar-refractivity contribution in [2.45, 2.75) is 13.8 Å². The van der Waals surface area contributed by atoms with Crippen LogP contribution in [0.3, 0.4) is 0 Å². The predicted octanol–water partition coefficient (Wildman–Crippen LogP) is 4.11. The van der Waals surface area contributed by atoms with E-state index in [2.05, 4.69) is 10.1 Å². The first kappa shape index (κ1) is 15.3. The molecule has 0 atom stereocenters. The Morgan fingerprint density at radius 1 is 1.04 bits per heavy atom. The molecule has 2 aromatic heterocycles. The number of halogens is 1. The smallest absolute Gasteiger partial charge is 0.273 e. The number of aromatic nitrogens is 3. The van der Waals surface area contributed by atoms with Gasteiger partial charge in [0.1, 0.15) is 5.82 Å². The number of rotatable bonds is 2. The summed E-state index contributed by atoms with van der Waals surface area (Å²) in [5.41, 5.74) is 4.57. The van der Waals surface area contributed by atoms with Gasteiger partial charge in [0, 0.05) is 22.8 Å². The number of nitrogens with one attached hydrogen (secondary N) is 1. The van der Waals surface area contributed by atoms with Gasteiger partial charge in [0.15, 0.2) is 5.65 Å². The summed E-state index contributed by atoms with van der Waals surface area (Å²) in [6.07, 6.45) is 0. The number of aryl methyl sites for hydroxylation is 2. The van der Waals surface area contributed by atoms with Crippen LogP contribution in [0.2, 0.25) is 0 Å². The van der Waals surface area contributed by atoms with Crippen LogP contribution in [0, 0.1) is 19.7 Å². The Kier molecular flexibility index (Phi) is 3.50. The Bertz CT molecular complexity index is 1160. The van der Waals surface area contributed by atoms with Gasteiger partial charge in [-0.25, -0.2) is 13.9 Å². The third-order valence-electron chi connectivity index (χ3n) is 4.31. The molecule has 0 bridgehead atoms. The molecule has 0 radical (unpaired) electrons. The van der Waals surface area contributed by atoms with Gasteiger partial charge < -0.3 is 0 Å². The summed E-state index contributed by atoms with van der Waals surface area (Å²) < 4.78 is 15.5. The highest BCUT2D eigenvalue weighted by molar-refractivity contribution is 5.72. The third-order valence-corrected chi connectivity index (χ3v) is 4.31. The predicted molar refractivity (Wildman–Crippen MR) is 96.1 cm³/mol. The number of nitrogens with zero attached hydrogens (tertiary/aromatic N) is 2. The van der Waals surface area contributed by atoms with E-state index < -0.39 is 0 Å². The molecule has 124 valence electrons. The van der Waals surface area contributed by atoms with Gasteiger partial charge >= 0.3 is 0 Å². The highest BCUT2D eigenvalue weighted by atomic mass is 19.1. The molecular weight excluding hydrogens is 317 g/mol. The van der Waals surface area contributed by atoms with E-state index in [0.717, 1.165) is 16.7 Å². The molecule has 2 aromatic carbocycles. The summed E-state index contributed by atoms with van der Waals surface area (Å²) in [5.74, 6) is -0.343. The van der Waals surface area contributed by atoms with E-state index in [-0.39, 0.29) is 11.4 Å². The molecule has 0 aliphatic carbocycles. The highest BCUT2D eigenvalue weighted by Crippen LogP contribution is 2.27. The number of H-pyrrole nitrogens is 1. The van der Waals surface area contributed by atoms with E-state index in [1.54, 1.807) is 18.2 Å². The lowest BCUT2D eigenvalue weighted by Crippen LogP contribution is -2.14. The third kappa shape index (κ3) is 2.54. The number of aromatic amines is 1. The second-order valence-electron chi connectivity index (χ2n) is 6.10. The van der Waals surface area contributed by atoms with Crippen molar-refractivity contribution < 1.29 is 4.39 Å². The van der Waals surface area contributed by atoms with Crippen molar-refractivity contribution in [3.8, 4) is 22.5 Å². The normalized spacial score (nSPS) is 11.2.